The maximum Gasteiger partial charge on any atom is 0.416 e. The predicted octanol–water partition coefficient (Wildman–Crippen LogP) is 4.53. The van der Waals surface area contributed by atoms with E-state index in [-0.39, 0.29) is 23.3 Å². The van der Waals surface area contributed by atoms with Gasteiger partial charge in [0.15, 0.2) is 0 Å². The number of likely N-dealkylation sites (tertiary alicyclic amines) is 1. The van der Waals surface area contributed by atoms with E-state index >= 15 is 0 Å². The lowest BCUT2D eigenvalue weighted by Crippen LogP contribution is -2.43. The molecule has 1 aliphatic heterocycles. The average Bonchev–Trinajstić information content (AvgIpc) is 2.72. The van der Waals surface area contributed by atoms with E-state index in [1.165, 1.54) is 12.1 Å². The SMILES string of the molecule is O=C(NCc1ccccc1Cl)C1CCN(C(=O)c2ccc(C(F)(F)F)cc2)CC1. The Bertz CT molecular complexity index is 876. The van der Waals surface area contributed by atoms with Crippen molar-refractivity contribution in [3.8, 4) is 0 Å². The predicted molar refractivity (Wildman–Crippen MR) is 103 cm³/mol. The fourth-order valence-electron chi connectivity index (χ4n) is 3.30. The Morgan fingerprint density at radius 1 is 1.03 bits per heavy atom. The largest absolute Gasteiger partial charge is 0.416 e. The second-order valence-corrected chi connectivity index (χ2v) is 7.36. The molecule has 1 saturated heterocycles. The fourth-order valence-corrected chi connectivity index (χ4v) is 3.50. The number of halogens is 4. The Kier molecular flexibility index (Phi) is 6.47. The monoisotopic (exact) mass is 424 g/mol. The van der Waals surface area contributed by atoms with Gasteiger partial charge in [-0.25, -0.2) is 0 Å². The lowest BCUT2D eigenvalue weighted by atomic mass is 9.95. The lowest BCUT2D eigenvalue weighted by Gasteiger charge is -2.31. The van der Waals surface area contributed by atoms with Crippen LogP contribution in [0.5, 0.6) is 0 Å². The second-order valence-electron chi connectivity index (χ2n) is 6.95. The minimum Gasteiger partial charge on any atom is -0.352 e. The Labute approximate surface area is 171 Å². The smallest absolute Gasteiger partial charge is 0.352 e. The second kappa shape index (κ2) is 8.86. The normalized spacial score (nSPS) is 15.2. The van der Waals surface area contributed by atoms with E-state index in [4.69, 9.17) is 11.6 Å². The van der Waals surface area contributed by atoms with Crippen LogP contribution in [0, 0.1) is 5.92 Å². The van der Waals surface area contributed by atoms with Crippen molar-refractivity contribution >= 4 is 23.4 Å². The van der Waals surface area contributed by atoms with Gasteiger partial charge in [0, 0.05) is 36.1 Å². The molecule has 4 nitrogen and oxygen atoms in total. The summed E-state index contributed by atoms with van der Waals surface area (Å²) >= 11 is 6.08. The summed E-state index contributed by atoms with van der Waals surface area (Å²) in [4.78, 5) is 26.5. The topological polar surface area (TPSA) is 49.4 Å². The molecule has 0 spiro atoms. The van der Waals surface area contributed by atoms with E-state index in [1.54, 1.807) is 11.0 Å². The minimum absolute atomic E-state index is 0.0912. The van der Waals surface area contributed by atoms with E-state index in [0.717, 1.165) is 17.7 Å². The summed E-state index contributed by atoms with van der Waals surface area (Å²) in [6, 6.07) is 11.4. The third-order valence-corrected chi connectivity index (χ3v) is 5.39. The molecule has 0 atom stereocenters. The van der Waals surface area contributed by atoms with E-state index in [2.05, 4.69) is 5.32 Å². The van der Waals surface area contributed by atoms with Gasteiger partial charge in [-0.1, -0.05) is 29.8 Å². The van der Waals surface area contributed by atoms with Crippen LogP contribution in [0.3, 0.4) is 0 Å². The zero-order valence-electron chi connectivity index (χ0n) is 15.5. The number of hydrogen-bond donors (Lipinski definition) is 1. The fraction of sp³-hybridized carbons (Fsp3) is 0.333. The maximum absolute atomic E-state index is 12.6. The van der Waals surface area contributed by atoms with E-state index < -0.39 is 11.7 Å². The van der Waals surface area contributed by atoms with Crippen molar-refractivity contribution in [2.75, 3.05) is 13.1 Å². The molecule has 2 aromatic carbocycles. The van der Waals surface area contributed by atoms with Gasteiger partial charge in [0.05, 0.1) is 5.56 Å². The van der Waals surface area contributed by atoms with Crippen LogP contribution in [-0.4, -0.2) is 29.8 Å². The first kappa shape index (κ1) is 21.2. The van der Waals surface area contributed by atoms with E-state index in [0.29, 0.717) is 37.5 Å². The van der Waals surface area contributed by atoms with E-state index in [9.17, 15) is 22.8 Å². The number of piperidine rings is 1. The van der Waals surface area contributed by atoms with Crippen molar-refractivity contribution in [1.82, 2.24) is 10.2 Å². The Balaban J connectivity index is 1.51. The van der Waals surface area contributed by atoms with Crippen molar-refractivity contribution in [3.05, 3.63) is 70.2 Å². The number of nitrogens with zero attached hydrogens (tertiary/aromatic N) is 1. The zero-order valence-corrected chi connectivity index (χ0v) is 16.3. The van der Waals surface area contributed by atoms with Crippen molar-refractivity contribution in [1.29, 1.82) is 0 Å². The van der Waals surface area contributed by atoms with Gasteiger partial charge in [-0.2, -0.15) is 13.2 Å². The summed E-state index contributed by atoms with van der Waals surface area (Å²) in [5, 5.41) is 3.46. The molecule has 1 heterocycles. The molecule has 0 aromatic heterocycles. The van der Waals surface area contributed by atoms with Gasteiger partial charge < -0.3 is 10.2 Å². The molecule has 1 fully saturated rings. The average molecular weight is 425 g/mol. The molecule has 2 amide bonds. The third kappa shape index (κ3) is 5.29. The van der Waals surface area contributed by atoms with Crippen LogP contribution in [0.25, 0.3) is 0 Å². The van der Waals surface area contributed by atoms with Crippen LogP contribution in [-0.2, 0) is 17.5 Å². The van der Waals surface area contributed by atoms with Crippen molar-refractivity contribution < 1.29 is 22.8 Å². The molecule has 0 bridgehead atoms. The molecular formula is C21H20ClF3N2O2. The van der Waals surface area contributed by atoms with Gasteiger partial charge in [0.1, 0.15) is 0 Å². The molecule has 1 aliphatic rings. The van der Waals surface area contributed by atoms with Gasteiger partial charge in [-0.15, -0.1) is 0 Å². The number of carbonyl (C=O) groups is 2. The van der Waals surface area contributed by atoms with Gasteiger partial charge >= 0.3 is 6.18 Å². The highest BCUT2D eigenvalue weighted by Gasteiger charge is 2.31. The number of amides is 2. The summed E-state index contributed by atoms with van der Waals surface area (Å²) in [6.45, 7) is 1.09. The van der Waals surface area contributed by atoms with Crippen LogP contribution >= 0.6 is 11.6 Å². The first-order valence-electron chi connectivity index (χ1n) is 9.23. The van der Waals surface area contributed by atoms with Crippen LogP contribution in [0.4, 0.5) is 13.2 Å². The van der Waals surface area contributed by atoms with Gasteiger partial charge in [0.2, 0.25) is 5.91 Å². The van der Waals surface area contributed by atoms with Crippen molar-refractivity contribution in [2.45, 2.75) is 25.6 Å². The highest BCUT2D eigenvalue weighted by Crippen LogP contribution is 2.29. The molecule has 0 radical (unpaired) electrons. The zero-order chi connectivity index (χ0) is 21.0. The Morgan fingerprint density at radius 3 is 2.24 bits per heavy atom. The molecular weight excluding hydrogens is 405 g/mol. The number of benzene rings is 2. The Morgan fingerprint density at radius 2 is 1.66 bits per heavy atom. The number of alkyl halides is 3. The minimum atomic E-state index is -4.43. The van der Waals surface area contributed by atoms with E-state index in [1.807, 2.05) is 18.2 Å². The number of hydrogen-bond acceptors (Lipinski definition) is 2. The van der Waals surface area contributed by atoms with Crippen LogP contribution in [0.15, 0.2) is 48.5 Å². The molecule has 0 unspecified atom stereocenters. The summed E-state index contributed by atoms with van der Waals surface area (Å²) in [5.74, 6) is -0.630. The number of nitrogens with one attached hydrogen (secondary N) is 1. The summed E-state index contributed by atoms with van der Waals surface area (Å²) in [7, 11) is 0. The third-order valence-electron chi connectivity index (χ3n) is 5.02. The maximum atomic E-state index is 12.6. The van der Waals surface area contributed by atoms with Crippen molar-refractivity contribution in [2.24, 2.45) is 5.92 Å². The summed E-state index contributed by atoms with van der Waals surface area (Å²) in [6.07, 6.45) is -3.43. The highest BCUT2D eigenvalue weighted by molar-refractivity contribution is 6.31. The lowest BCUT2D eigenvalue weighted by molar-refractivity contribution is -0.137. The number of carbonyl (C=O) groups excluding carboxylic acids is 2. The number of rotatable bonds is 4. The Hall–Kier alpha value is -2.54. The van der Waals surface area contributed by atoms with Crippen LogP contribution < -0.4 is 5.32 Å². The summed E-state index contributed by atoms with van der Waals surface area (Å²) in [5.41, 5.74) is 0.250. The molecule has 0 saturated carbocycles. The quantitative estimate of drug-likeness (QED) is 0.784. The van der Waals surface area contributed by atoms with Gasteiger partial charge in [0.25, 0.3) is 5.91 Å². The van der Waals surface area contributed by atoms with Crippen LogP contribution in [0.2, 0.25) is 5.02 Å². The molecule has 1 N–H and O–H groups in total. The molecule has 3 rings (SSSR count). The standard InChI is InChI=1S/C21H20ClF3N2O2/c22-18-4-2-1-3-16(18)13-26-19(28)14-9-11-27(12-10-14)20(29)15-5-7-17(8-6-15)21(23,24)25/h1-8,14H,9-13H2,(H,26,28). The van der Waals surface area contributed by atoms with Gasteiger partial charge in [-0.3, -0.25) is 9.59 Å². The molecule has 0 aliphatic carbocycles. The molecule has 154 valence electrons. The van der Waals surface area contributed by atoms with Gasteiger partial charge in [-0.05, 0) is 48.7 Å². The van der Waals surface area contributed by atoms with Crippen molar-refractivity contribution in [3.63, 3.8) is 0 Å². The molecule has 2 aromatic rings. The highest BCUT2D eigenvalue weighted by atomic mass is 35.5. The molecule has 8 heteroatoms. The first-order chi connectivity index (χ1) is 13.8. The first-order valence-corrected chi connectivity index (χ1v) is 9.61. The summed E-state index contributed by atoms with van der Waals surface area (Å²) < 4.78 is 37.9. The van der Waals surface area contributed by atoms with Crippen LogP contribution in [0.1, 0.15) is 34.3 Å². The molecule has 29 heavy (non-hydrogen) atoms.